The minimum absolute atomic E-state index is 0.0803. The lowest BCUT2D eigenvalue weighted by Gasteiger charge is -2.16. The molecule has 0 aromatic heterocycles. The number of benzene rings is 2. The average molecular weight is 300 g/mol. The summed E-state index contributed by atoms with van der Waals surface area (Å²) in [6.07, 6.45) is 4.67. The lowest BCUT2D eigenvalue weighted by Crippen LogP contribution is -2.13. The first-order valence-electron chi connectivity index (χ1n) is 7.33. The molecule has 0 spiro atoms. The van der Waals surface area contributed by atoms with E-state index in [1.807, 2.05) is 31.2 Å². The van der Waals surface area contributed by atoms with Crippen LogP contribution in [0.2, 0.25) is 5.02 Å². The van der Waals surface area contributed by atoms with Gasteiger partial charge in [0.1, 0.15) is 0 Å². The molecular weight excluding hydrogens is 282 g/mol. The smallest absolute Gasteiger partial charge is 0.255 e. The summed E-state index contributed by atoms with van der Waals surface area (Å²) in [5.74, 6) is -0.0803. The number of anilines is 1. The van der Waals surface area contributed by atoms with Crippen LogP contribution in [-0.4, -0.2) is 5.91 Å². The zero-order chi connectivity index (χ0) is 14.8. The molecule has 2 aromatic carbocycles. The predicted molar refractivity (Wildman–Crippen MR) is 87.2 cm³/mol. The van der Waals surface area contributed by atoms with Crippen molar-refractivity contribution >= 4 is 23.2 Å². The van der Waals surface area contributed by atoms with E-state index in [1.54, 1.807) is 6.07 Å². The number of amides is 1. The van der Waals surface area contributed by atoms with Gasteiger partial charge in [-0.25, -0.2) is 0 Å². The van der Waals surface area contributed by atoms with Gasteiger partial charge in [-0.05, 0) is 73.6 Å². The number of aryl methyl sites for hydroxylation is 3. The van der Waals surface area contributed by atoms with Gasteiger partial charge >= 0.3 is 0 Å². The number of hydrogen-bond donors (Lipinski definition) is 1. The molecule has 2 nitrogen and oxygen atoms in total. The molecule has 1 N–H and O–H groups in total. The van der Waals surface area contributed by atoms with Crippen LogP contribution in [0.25, 0.3) is 0 Å². The number of rotatable bonds is 2. The number of halogens is 1. The standard InChI is InChI=1S/C18H18ClNO/c1-12-6-9-16(11-17(12)19)20-18(21)15-8-7-13-4-2-3-5-14(13)10-15/h6-11H,2-5H2,1H3,(H,20,21). The van der Waals surface area contributed by atoms with Gasteiger partial charge in [0, 0.05) is 16.3 Å². The Labute approximate surface area is 130 Å². The van der Waals surface area contributed by atoms with Crippen LogP contribution in [-0.2, 0) is 12.8 Å². The van der Waals surface area contributed by atoms with Crippen molar-refractivity contribution in [2.45, 2.75) is 32.6 Å². The number of nitrogens with one attached hydrogen (secondary N) is 1. The van der Waals surface area contributed by atoms with Gasteiger partial charge in [-0.1, -0.05) is 23.7 Å². The first kappa shape index (κ1) is 14.2. The van der Waals surface area contributed by atoms with Gasteiger partial charge in [0.2, 0.25) is 0 Å². The molecule has 2 aromatic rings. The van der Waals surface area contributed by atoms with Crippen molar-refractivity contribution < 1.29 is 4.79 Å². The fraction of sp³-hybridized carbons (Fsp3) is 0.278. The number of hydrogen-bond acceptors (Lipinski definition) is 1. The molecule has 3 rings (SSSR count). The van der Waals surface area contributed by atoms with Crippen molar-refractivity contribution in [3.05, 3.63) is 63.7 Å². The molecule has 0 aliphatic heterocycles. The third-order valence-corrected chi connectivity index (χ3v) is 4.45. The molecule has 0 radical (unpaired) electrons. The van der Waals surface area contributed by atoms with Crippen molar-refractivity contribution in [2.24, 2.45) is 0 Å². The minimum atomic E-state index is -0.0803. The molecule has 0 atom stereocenters. The van der Waals surface area contributed by atoms with E-state index in [2.05, 4.69) is 11.4 Å². The molecule has 0 fully saturated rings. The molecule has 0 saturated heterocycles. The Morgan fingerprint density at radius 2 is 1.81 bits per heavy atom. The molecule has 0 bridgehead atoms. The maximum absolute atomic E-state index is 12.3. The third-order valence-electron chi connectivity index (χ3n) is 4.04. The van der Waals surface area contributed by atoms with Crippen LogP contribution in [0.1, 0.15) is 39.9 Å². The van der Waals surface area contributed by atoms with E-state index in [1.165, 1.54) is 24.0 Å². The van der Waals surface area contributed by atoms with Crippen LogP contribution < -0.4 is 5.32 Å². The number of fused-ring (bicyclic) bond motifs is 1. The molecule has 1 aliphatic carbocycles. The summed E-state index contributed by atoms with van der Waals surface area (Å²) in [4.78, 5) is 12.3. The fourth-order valence-electron chi connectivity index (χ4n) is 2.75. The van der Waals surface area contributed by atoms with E-state index in [0.717, 1.165) is 24.1 Å². The van der Waals surface area contributed by atoms with E-state index in [9.17, 15) is 4.79 Å². The van der Waals surface area contributed by atoms with Crippen molar-refractivity contribution in [3.8, 4) is 0 Å². The largest absolute Gasteiger partial charge is 0.322 e. The number of carbonyl (C=O) groups excluding carboxylic acids is 1. The summed E-state index contributed by atoms with van der Waals surface area (Å²) in [6.45, 7) is 1.94. The quantitative estimate of drug-likeness (QED) is 0.849. The van der Waals surface area contributed by atoms with Crippen LogP contribution in [0.3, 0.4) is 0 Å². The van der Waals surface area contributed by atoms with Gasteiger partial charge in [-0.2, -0.15) is 0 Å². The van der Waals surface area contributed by atoms with Gasteiger partial charge in [0.15, 0.2) is 0 Å². The van der Waals surface area contributed by atoms with Gasteiger partial charge < -0.3 is 5.32 Å². The van der Waals surface area contributed by atoms with Crippen LogP contribution in [0.5, 0.6) is 0 Å². The molecular formula is C18H18ClNO. The molecule has 1 aliphatic rings. The van der Waals surface area contributed by atoms with Crippen LogP contribution >= 0.6 is 11.6 Å². The molecule has 21 heavy (non-hydrogen) atoms. The van der Waals surface area contributed by atoms with E-state index in [0.29, 0.717) is 10.6 Å². The second kappa shape index (κ2) is 5.90. The maximum Gasteiger partial charge on any atom is 0.255 e. The summed E-state index contributed by atoms with van der Waals surface area (Å²) in [6, 6.07) is 11.6. The highest BCUT2D eigenvalue weighted by molar-refractivity contribution is 6.31. The molecule has 1 amide bonds. The Morgan fingerprint density at radius 3 is 2.57 bits per heavy atom. The van der Waals surface area contributed by atoms with E-state index >= 15 is 0 Å². The second-order valence-electron chi connectivity index (χ2n) is 5.61. The van der Waals surface area contributed by atoms with Gasteiger partial charge in [-0.15, -0.1) is 0 Å². The topological polar surface area (TPSA) is 29.1 Å². The summed E-state index contributed by atoms with van der Waals surface area (Å²) in [5.41, 5.74) is 5.15. The molecule has 0 heterocycles. The van der Waals surface area contributed by atoms with Crippen LogP contribution in [0, 0.1) is 6.92 Å². The van der Waals surface area contributed by atoms with Crippen molar-refractivity contribution in [2.75, 3.05) is 5.32 Å². The van der Waals surface area contributed by atoms with Crippen molar-refractivity contribution in [3.63, 3.8) is 0 Å². The normalized spacial score (nSPS) is 13.6. The highest BCUT2D eigenvalue weighted by Gasteiger charge is 2.13. The average Bonchev–Trinajstić information content (AvgIpc) is 2.50. The zero-order valence-electron chi connectivity index (χ0n) is 12.1. The zero-order valence-corrected chi connectivity index (χ0v) is 12.8. The summed E-state index contributed by atoms with van der Waals surface area (Å²) < 4.78 is 0. The first-order valence-corrected chi connectivity index (χ1v) is 7.70. The Hall–Kier alpha value is -1.80. The first-order chi connectivity index (χ1) is 10.1. The fourth-order valence-corrected chi connectivity index (χ4v) is 2.93. The van der Waals surface area contributed by atoms with E-state index in [4.69, 9.17) is 11.6 Å². The lowest BCUT2D eigenvalue weighted by molar-refractivity contribution is 0.102. The summed E-state index contributed by atoms with van der Waals surface area (Å²) in [7, 11) is 0. The van der Waals surface area contributed by atoms with Gasteiger partial charge in [-0.3, -0.25) is 4.79 Å². The molecule has 108 valence electrons. The highest BCUT2D eigenvalue weighted by Crippen LogP contribution is 2.24. The molecule has 3 heteroatoms. The molecule has 0 saturated carbocycles. The highest BCUT2D eigenvalue weighted by atomic mass is 35.5. The Balaban J connectivity index is 1.80. The predicted octanol–water partition coefficient (Wildman–Crippen LogP) is 4.78. The monoisotopic (exact) mass is 299 g/mol. The summed E-state index contributed by atoms with van der Waals surface area (Å²) in [5, 5.41) is 3.57. The second-order valence-corrected chi connectivity index (χ2v) is 6.02. The van der Waals surface area contributed by atoms with Gasteiger partial charge in [0.25, 0.3) is 5.91 Å². The Bertz CT molecular complexity index is 694. The van der Waals surface area contributed by atoms with Crippen molar-refractivity contribution in [1.82, 2.24) is 0 Å². The van der Waals surface area contributed by atoms with Gasteiger partial charge in [0.05, 0.1) is 0 Å². The maximum atomic E-state index is 12.3. The third kappa shape index (κ3) is 3.11. The Morgan fingerprint density at radius 1 is 1.05 bits per heavy atom. The molecule has 0 unspecified atom stereocenters. The minimum Gasteiger partial charge on any atom is -0.322 e. The van der Waals surface area contributed by atoms with Crippen molar-refractivity contribution in [1.29, 1.82) is 0 Å². The SMILES string of the molecule is Cc1ccc(NC(=O)c2ccc3c(c2)CCCC3)cc1Cl. The van der Waals surface area contributed by atoms with Crippen LogP contribution in [0.4, 0.5) is 5.69 Å². The Kier molecular flexibility index (Phi) is 3.98. The van der Waals surface area contributed by atoms with E-state index < -0.39 is 0 Å². The lowest BCUT2D eigenvalue weighted by atomic mass is 9.90. The number of carbonyl (C=O) groups is 1. The van der Waals surface area contributed by atoms with Crippen LogP contribution in [0.15, 0.2) is 36.4 Å². The van der Waals surface area contributed by atoms with E-state index in [-0.39, 0.29) is 5.91 Å². The summed E-state index contributed by atoms with van der Waals surface area (Å²) >= 11 is 6.09.